The molecule has 12 rings (SSSR count). The minimum Gasteiger partial charge on any atom is -0.228 e. The number of thiophene rings is 1. The molecule has 0 saturated carbocycles. The first-order valence-corrected chi connectivity index (χ1v) is 21.5. The van der Waals surface area contributed by atoms with Gasteiger partial charge in [0.05, 0.1) is 11.4 Å². The summed E-state index contributed by atoms with van der Waals surface area (Å²) in [7, 11) is 0. The molecule has 60 heavy (non-hydrogen) atoms. The Balaban J connectivity index is 0.981. The second kappa shape index (κ2) is 13.4. The number of aromatic nitrogens is 2. The lowest BCUT2D eigenvalue weighted by Gasteiger charge is -2.23. The third kappa shape index (κ3) is 5.40. The Hall–Kier alpha value is -7.20. The van der Waals surface area contributed by atoms with Crippen LogP contribution >= 0.6 is 11.3 Å². The molecule has 9 aromatic carbocycles. The van der Waals surface area contributed by atoms with Gasteiger partial charge < -0.3 is 0 Å². The summed E-state index contributed by atoms with van der Waals surface area (Å²) in [5, 5.41) is 7.49. The average Bonchev–Trinajstić information content (AvgIpc) is 3.80. The summed E-state index contributed by atoms with van der Waals surface area (Å²) < 4.78 is 2.54. The van der Waals surface area contributed by atoms with Crippen LogP contribution in [0.5, 0.6) is 0 Å². The molecule has 1 aliphatic carbocycles. The molecule has 0 amide bonds. The first kappa shape index (κ1) is 34.8. The molecule has 11 aromatic rings. The summed E-state index contributed by atoms with van der Waals surface area (Å²) in [6.07, 6.45) is 0. The van der Waals surface area contributed by atoms with Crippen molar-refractivity contribution < 1.29 is 0 Å². The van der Waals surface area contributed by atoms with Crippen LogP contribution in [0.2, 0.25) is 0 Å². The van der Waals surface area contributed by atoms with E-state index in [2.05, 4.69) is 202 Å². The monoisotopic (exact) mass is 782 g/mol. The van der Waals surface area contributed by atoms with Gasteiger partial charge in [0, 0.05) is 42.3 Å². The maximum atomic E-state index is 5.30. The Morgan fingerprint density at radius 1 is 0.383 bits per heavy atom. The smallest absolute Gasteiger partial charge is 0.160 e. The lowest BCUT2D eigenvalue weighted by atomic mass is 9.79. The van der Waals surface area contributed by atoms with E-state index >= 15 is 0 Å². The fourth-order valence-corrected chi connectivity index (χ4v) is 11.0. The summed E-state index contributed by atoms with van der Waals surface area (Å²) in [6, 6.07) is 70.6. The summed E-state index contributed by atoms with van der Waals surface area (Å²) in [4.78, 5) is 10.6. The van der Waals surface area contributed by atoms with Crippen LogP contribution in [0.15, 0.2) is 194 Å². The molecule has 0 atom stereocenters. The van der Waals surface area contributed by atoms with Gasteiger partial charge >= 0.3 is 0 Å². The zero-order valence-corrected chi connectivity index (χ0v) is 34.1. The summed E-state index contributed by atoms with van der Waals surface area (Å²) in [5.41, 5.74) is 15.2. The topological polar surface area (TPSA) is 25.8 Å². The quantitative estimate of drug-likeness (QED) is 0.174. The molecule has 2 heterocycles. The van der Waals surface area contributed by atoms with Crippen molar-refractivity contribution in [2.75, 3.05) is 0 Å². The van der Waals surface area contributed by atoms with Gasteiger partial charge in [0.2, 0.25) is 0 Å². The van der Waals surface area contributed by atoms with Gasteiger partial charge in [-0.15, -0.1) is 11.3 Å². The number of nitrogens with zero attached hydrogens (tertiary/aromatic N) is 2. The van der Waals surface area contributed by atoms with E-state index in [9.17, 15) is 0 Å². The van der Waals surface area contributed by atoms with Gasteiger partial charge in [0.1, 0.15) is 0 Å². The molecule has 0 fully saturated rings. The van der Waals surface area contributed by atoms with Crippen LogP contribution in [0.4, 0.5) is 0 Å². The van der Waals surface area contributed by atoms with Crippen molar-refractivity contribution in [2.24, 2.45) is 0 Å². The average molecular weight is 783 g/mol. The van der Waals surface area contributed by atoms with E-state index in [1.807, 2.05) is 17.4 Å². The highest BCUT2D eigenvalue weighted by Crippen LogP contribution is 2.52. The van der Waals surface area contributed by atoms with Crippen molar-refractivity contribution in [3.05, 3.63) is 205 Å². The van der Waals surface area contributed by atoms with Crippen LogP contribution in [0.3, 0.4) is 0 Å². The molecule has 282 valence electrons. The molecule has 3 heteroatoms. The van der Waals surface area contributed by atoms with E-state index in [0.29, 0.717) is 5.82 Å². The summed E-state index contributed by atoms with van der Waals surface area (Å²) in [5.74, 6) is 0.717. The zero-order chi connectivity index (χ0) is 40.0. The standard InChI is InChI=1S/C57H38N2S/c1-57(2)49-33-38(27-28-44(49)46-29-26-35-14-6-7-19-41(35)55(46)57)37-17-12-18-39(32-37)40-30-31-45(43-21-9-8-20-42(40)43)50-34-51(59-56(58-50)36-15-4-3-5-16-36)47-23-13-25-53-54(47)48-22-10-11-24-52(48)60-53/h3-34H,1-2H3. The summed E-state index contributed by atoms with van der Waals surface area (Å²) in [6.45, 7) is 4.76. The van der Waals surface area contributed by atoms with Gasteiger partial charge in [-0.1, -0.05) is 178 Å². The van der Waals surface area contributed by atoms with Gasteiger partial charge in [0.15, 0.2) is 5.82 Å². The fourth-order valence-electron chi connectivity index (χ4n) is 9.85. The third-order valence-electron chi connectivity index (χ3n) is 12.7. The Labute approximate surface area is 353 Å². The second-order valence-electron chi connectivity index (χ2n) is 16.5. The van der Waals surface area contributed by atoms with E-state index in [-0.39, 0.29) is 5.41 Å². The number of benzene rings is 9. The van der Waals surface area contributed by atoms with E-state index < -0.39 is 0 Å². The second-order valence-corrected chi connectivity index (χ2v) is 17.6. The lowest BCUT2D eigenvalue weighted by Crippen LogP contribution is -2.15. The van der Waals surface area contributed by atoms with Crippen LogP contribution in [-0.4, -0.2) is 9.97 Å². The van der Waals surface area contributed by atoms with Crippen LogP contribution in [-0.2, 0) is 5.41 Å². The fraction of sp³-hybridized carbons (Fsp3) is 0.0526. The van der Waals surface area contributed by atoms with E-state index in [4.69, 9.17) is 9.97 Å². The van der Waals surface area contributed by atoms with Crippen molar-refractivity contribution in [1.82, 2.24) is 9.97 Å². The van der Waals surface area contributed by atoms with Crippen LogP contribution in [0.25, 0.3) is 109 Å². The van der Waals surface area contributed by atoms with Crippen molar-refractivity contribution in [3.63, 3.8) is 0 Å². The highest BCUT2D eigenvalue weighted by molar-refractivity contribution is 7.25. The van der Waals surface area contributed by atoms with E-state index in [0.717, 1.165) is 33.5 Å². The lowest BCUT2D eigenvalue weighted by molar-refractivity contribution is 0.666. The van der Waals surface area contributed by atoms with E-state index in [1.165, 1.54) is 80.8 Å². The van der Waals surface area contributed by atoms with Gasteiger partial charge in [0.25, 0.3) is 0 Å². The molecule has 0 radical (unpaired) electrons. The van der Waals surface area contributed by atoms with Crippen molar-refractivity contribution in [2.45, 2.75) is 19.3 Å². The SMILES string of the molecule is CC1(C)c2cc(-c3cccc(-c4ccc(-c5cc(-c6cccc7sc8ccccc8c67)nc(-c6ccccc6)n5)c5ccccc45)c3)ccc2-c2ccc3ccccc3c21. The highest BCUT2D eigenvalue weighted by atomic mass is 32.1. The Morgan fingerprint density at radius 3 is 1.83 bits per heavy atom. The number of hydrogen-bond acceptors (Lipinski definition) is 3. The van der Waals surface area contributed by atoms with E-state index in [1.54, 1.807) is 0 Å². The molecule has 0 aliphatic heterocycles. The Kier molecular flexibility index (Phi) is 7.79. The molecular formula is C57H38N2S. The van der Waals surface area contributed by atoms with Crippen molar-refractivity contribution >= 4 is 53.1 Å². The van der Waals surface area contributed by atoms with Gasteiger partial charge in [-0.25, -0.2) is 9.97 Å². The highest BCUT2D eigenvalue weighted by Gasteiger charge is 2.37. The number of rotatable bonds is 5. The molecule has 2 nitrogen and oxygen atoms in total. The molecule has 0 bridgehead atoms. The van der Waals surface area contributed by atoms with Gasteiger partial charge in [-0.2, -0.15) is 0 Å². The predicted molar refractivity (Wildman–Crippen MR) is 255 cm³/mol. The zero-order valence-electron chi connectivity index (χ0n) is 33.3. The van der Waals surface area contributed by atoms with Crippen LogP contribution in [0, 0.1) is 0 Å². The first-order valence-electron chi connectivity index (χ1n) is 20.6. The van der Waals surface area contributed by atoms with Gasteiger partial charge in [-0.3, -0.25) is 0 Å². The van der Waals surface area contributed by atoms with Crippen LogP contribution in [0.1, 0.15) is 25.0 Å². The Bertz CT molecular complexity index is 3520. The van der Waals surface area contributed by atoms with Crippen molar-refractivity contribution in [1.29, 1.82) is 0 Å². The Morgan fingerprint density at radius 2 is 0.983 bits per heavy atom. The maximum absolute atomic E-state index is 5.30. The third-order valence-corrected chi connectivity index (χ3v) is 13.8. The molecule has 0 unspecified atom stereocenters. The van der Waals surface area contributed by atoms with Crippen LogP contribution < -0.4 is 0 Å². The minimum absolute atomic E-state index is 0.115. The first-order chi connectivity index (χ1) is 29.5. The maximum Gasteiger partial charge on any atom is 0.160 e. The molecule has 0 saturated heterocycles. The van der Waals surface area contributed by atoms with Crippen molar-refractivity contribution in [3.8, 4) is 67.3 Å². The number of fused-ring (bicyclic) bond motifs is 9. The molecular weight excluding hydrogens is 745 g/mol. The minimum atomic E-state index is -0.115. The molecule has 0 spiro atoms. The molecule has 2 aromatic heterocycles. The van der Waals surface area contributed by atoms with Gasteiger partial charge in [-0.05, 0) is 96.4 Å². The normalized spacial score (nSPS) is 13.0. The largest absolute Gasteiger partial charge is 0.228 e. The predicted octanol–water partition coefficient (Wildman–Crippen LogP) is 15.8. The summed E-state index contributed by atoms with van der Waals surface area (Å²) >= 11 is 1.83. The molecule has 0 N–H and O–H groups in total. The molecule has 1 aliphatic rings. The number of hydrogen-bond donors (Lipinski definition) is 0.